The van der Waals surface area contributed by atoms with Crippen LogP contribution in [0.3, 0.4) is 0 Å². The van der Waals surface area contributed by atoms with Gasteiger partial charge >= 0.3 is 6.18 Å². The number of alkyl halides is 3. The molecular formula is C11H13ClF3N5. The van der Waals surface area contributed by atoms with Crippen molar-refractivity contribution in [2.45, 2.75) is 33.0 Å². The molecule has 20 heavy (non-hydrogen) atoms. The molecule has 9 heteroatoms. The minimum atomic E-state index is -4.33. The van der Waals surface area contributed by atoms with Crippen LogP contribution in [-0.4, -0.2) is 38.3 Å². The quantitative estimate of drug-likeness (QED) is 0.818. The predicted molar refractivity (Wildman–Crippen MR) is 69.1 cm³/mol. The molecule has 0 bridgehead atoms. The summed E-state index contributed by atoms with van der Waals surface area (Å²) in [6, 6.07) is -0.388. The lowest BCUT2D eigenvalue weighted by Crippen LogP contribution is -2.41. The molecule has 0 saturated heterocycles. The van der Waals surface area contributed by atoms with E-state index < -0.39 is 12.7 Å². The Morgan fingerprint density at radius 3 is 2.60 bits per heavy atom. The topological polar surface area (TPSA) is 46.3 Å². The molecule has 0 amide bonds. The highest BCUT2D eigenvalue weighted by Gasteiger charge is 2.34. The molecule has 0 saturated carbocycles. The molecule has 0 aliphatic heterocycles. The van der Waals surface area contributed by atoms with Crippen molar-refractivity contribution in [3.05, 3.63) is 17.0 Å². The molecule has 2 aromatic heterocycles. The Hall–Kier alpha value is -1.57. The maximum Gasteiger partial charge on any atom is 0.405 e. The van der Waals surface area contributed by atoms with Gasteiger partial charge in [0, 0.05) is 11.6 Å². The molecule has 2 rings (SSSR count). The highest BCUT2D eigenvalue weighted by atomic mass is 35.5. The van der Waals surface area contributed by atoms with Gasteiger partial charge in [0.2, 0.25) is 0 Å². The van der Waals surface area contributed by atoms with Gasteiger partial charge in [0.1, 0.15) is 23.8 Å². The van der Waals surface area contributed by atoms with Crippen LogP contribution in [0.1, 0.15) is 19.4 Å². The standard InChI is InChI=1S/C11H13ClF3N5/c1-6(2)19(4-11(13,14)15)9-7(3)8(12)18-10-16-5-17-20(9)10/h5-6H,4H2,1-3H3. The third-order valence-electron chi connectivity index (χ3n) is 2.82. The summed E-state index contributed by atoms with van der Waals surface area (Å²) in [5.41, 5.74) is 0.433. The minimum absolute atomic E-state index is 0.119. The van der Waals surface area contributed by atoms with Crippen molar-refractivity contribution >= 4 is 23.2 Å². The Morgan fingerprint density at radius 2 is 2.05 bits per heavy atom. The first-order valence-corrected chi connectivity index (χ1v) is 6.27. The lowest BCUT2D eigenvalue weighted by molar-refractivity contribution is -0.120. The van der Waals surface area contributed by atoms with E-state index >= 15 is 0 Å². The van der Waals surface area contributed by atoms with Crippen molar-refractivity contribution < 1.29 is 13.2 Å². The summed E-state index contributed by atoms with van der Waals surface area (Å²) in [5.74, 6) is 0.424. The molecule has 2 aromatic rings. The van der Waals surface area contributed by atoms with E-state index in [1.54, 1.807) is 20.8 Å². The summed E-state index contributed by atoms with van der Waals surface area (Å²) < 4.78 is 39.6. The fourth-order valence-corrected chi connectivity index (χ4v) is 2.08. The normalized spacial score (nSPS) is 12.4. The largest absolute Gasteiger partial charge is 0.405 e. The van der Waals surface area contributed by atoms with Crippen molar-refractivity contribution in [1.29, 1.82) is 0 Å². The fraction of sp³-hybridized carbons (Fsp3) is 0.545. The number of hydrogen-bond donors (Lipinski definition) is 0. The summed E-state index contributed by atoms with van der Waals surface area (Å²) in [7, 11) is 0. The molecule has 0 aliphatic rings. The zero-order valence-corrected chi connectivity index (χ0v) is 11.9. The zero-order chi connectivity index (χ0) is 15.1. The molecule has 110 valence electrons. The molecule has 0 radical (unpaired) electrons. The number of anilines is 1. The fourth-order valence-electron chi connectivity index (χ4n) is 1.92. The number of aromatic nitrogens is 4. The van der Waals surface area contributed by atoms with Crippen LogP contribution in [0.15, 0.2) is 6.33 Å². The van der Waals surface area contributed by atoms with Crippen LogP contribution in [-0.2, 0) is 0 Å². The van der Waals surface area contributed by atoms with E-state index in [4.69, 9.17) is 11.6 Å². The minimum Gasteiger partial charge on any atom is -0.345 e. The van der Waals surface area contributed by atoms with Crippen LogP contribution in [0.2, 0.25) is 5.15 Å². The van der Waals surface area contributed by atoms with Gasteiger partial charge in [0.25, 0.3) is 5.78 Å². The molecule has 0 unspecified atom stereocenters. The van der Waals surface area contributed by atoms with Gasteiger partial charge in [-0.2, -0.15) is 32.8 Å². The predicted octanol–water partition coefficient (Wildman–Crippen LogP) is 2.86. The average molecular weight is 308 g/mol. The van der Waals surface area contributed by atoms with Gasteiger partial charge < -0.3 is 4.90 Å². The van der Waals surface area contributed by atoms with Crippen LogP contribution >= 0.6 is 11.6 Å². The van der Waals surface area contributed by atoms with Gasteiger partial charge in [-0.15, -0.1) is 0 Å². The summed E-state index contributed by atoms with van der Waals surface area (Å²) in [6.07, 6.45) is -3.10. The maximum atomic E-state index is 12.8. The van der Waals surface area contributed by atoms with E-state index in [0.717, 1.165) is 0 Å². The van der Waals surface area contributed by atoms with Crippen LogP contribution in [0.5, 0.6) is 0 Å². The summed E-state index contributed by atoms with van der Waals surface area (Å²) in [5, 5.41) is 4.05. The number of halogens is 4. The zero-order valence-electron chi connectivity index (χ0n) is 11.1. The maximum absolute atomic E-state index is 12.8. The highest BCUT2D eigenvalue weighted by molar-refractivity contribution is 6.30. The van der Waals surface area contributed by atoms with E-state index in [1.165, 1.54) is 15.7 Å². The Kier molecular flexibility index (Phi) is 3.77. The molecule has 5 nitrogen and oxygen atoms in total. The molecule has 0 spiro atoms. The van der Waals surface area contributed by atoms with Gasteiger partial charge in [-0.3, -0.25) is 0 Å². The smallest absolute Gasteiger partial charge is 0.345 e. The second-order valence-electron chi connectivity index (χ2n) is 4.66. The van der Waals surface area contributed by atoms with Gasteiger partial charge in [0.15, 0.2) is 0 Å². The SMILES string of the molecule is Cc1c(Cl)nc2ncnn2c1N(CC(F)(F)F)C(C)C. The Balaban J connectivity index is 2.63. The van der Waals surface area contributed by atoms with Crippen LogP contribution in [0.25, 0.3) is 5.78 Å². The Morgan fingerprint density at radius 1 is 1.40 bits per heavy atom. The van der Waals surface area contributed by atoms with Crippen molar-refractivity contribution in [2.75, 3.05) is 11.4 Å². The second kappa shape index (κ2) is 5.08. The number of nitrogens with zero attached hydrogens (tertiary/aromatic N) is 5. The molecule has 0 atom stereocenters. The van der Waals surface area contributed by atoms with Gasteiger partial charge in [0.05, 0.1) is 0 Å². The Bertz CT molecular complexity index is 622. The van der Waals surface area contributed by atoms with E-state index in [2.05, 4.69) is 15.1 Å². The average Bonchev–Trinajstić information content (AvgIpc) is 2.74. The summed E-state index contributed by atoms with van der Waals surface area (Å²) >= 11 is 5.97. The van der Waals surface area contributed by atoms with E-state index in [-0.39, 0.29) is 22.8 Å². The number of fused-ring (bicyclic) bond motifs is 1. The first-order chi connectivity index (χ1) is 9.20. The Labute approximate surface area is 118 Å². The summed E-state index contributed by atoms with van der Waals surface area (Å²) in [4.78, 5) is 9.03. The van der Waals surface area contributed by atoms with E-state index in [0.29, 0.717) is 5.56 Å². The number of hydrogen-bond acceptors (Lipinski definition) is 4. The molecule has 0 fully saturated rings. The van der Waals surface area contributed by atoms with Crippen LogP contribution in [0, 0.1) is 6.92 Å². The third-order valence-corrected chi connectivity index (χ3v) is 3.19. The van der Waals surface area contributed by atoms with Gasteiger partial charge in [-0.1, -0.05) is 11.6 Å². The van der Waals surface area contributed by atoms with Crippen molar-refractivity contribution in [3.63, 3.8) is 0 Å². The molecule has 0 aromatic carbocycles. The van der Waals surface area contributed by atoms with Crippen molar-refractivity contribution in [2.24, 2.45) is 0 Å². The molecule has 0 aliphatic carbocycles. The summed E-state index contributed by atoms with van der Waals surface area (Å²) in [6.45, 7) is 3.85. The van der Waals surface area contributed by atoms with Crippen molar-refractivity contribution in [3.8, 4) is 0 Å². The molecule has 0 N–H and O–H groups in total. The second-order valence-corrected chi connectivity index (χ2v) is 5.02. The van der Waals surface area contributed by atoms with E-state index in [1.807, 2.05) is 0 Å². The first kappa shape index (κ1) is 14.8. The van der Waals surface area contributed by atoms with Gasteiger partial charge in [-0.25, -0.2) is 0 Å². The van der Waals surface area contributed by atoms with Crippen LogP contribution < -0.4 is 4.90 Å². The third kappa shape index (κ3) is 2.79. The lowest BCUT2D eigenvalue weighted by atomic mass is 10.2. The van der Waals surface area contributed by atoms with E-state index in [9.17, 15) is 13.2 Å². The monoisotopic (exact) mass is 307 g/mol. The molecular weight excluding hydrogens is 295 g/mol. The van der Waals surface area contributed by atoms with Gasteiger partial charge in [-0.05, 0) is 20.8 Å². The molecule has 2 heterocycles. The highest BCUT2D eigenvalue weighted by Crippen LogP contribution is 2.29. The number of rotatable bonds is 3. The van der Waals surface area contributed by atoms with Crippen LogP contribution in [0.4, 0.5) is 19.0 Å². The lowest BCUT2D eigenvalue weighted by Gasteiger charge is -2.31. The first-order valence-electron chi connectivity index (χ1n) is 5.90. The van der Waals surface area contributed by atoms with Crippen molar-refractivity contribution in [1.82, 2.24) is 19.6 Å².